The number of amides is 2. The molecule has 1 aliphatic rings. The van der Waals surface area contributed by atoms with E-state index in [0.29, 0.717) is 17.1 Å². The highest BCUT2D eigenvalue weighted by atomic mass is 35.5. The number of ether oxygens (including phenoxy) is 2. The number of rotatable bonds is 7. The van der Waals surface area contributed by atoms with Crippen molar-refractivity contribution in [2.45, 2.75) is 32.2 Å². The first-order chi connectivity index (χ1) is 16.0. The van der Waals surface area contributed by atoms with Crippen molar-refractivity contribution in [3.8, 4) is 5.88 Å². The van der Waals surface area contributed by atoms with Gasteiger partial charge in [0, 0.05) is 12.6 Å². The van der Waals surface area contributed by atoms with E-state index in [0.717, 1.165) is 0 Å². The molecule has 1 unspecified atom stereocenters. The van der Waals surface area contributed by atoms with Gasteiger partial charge < -0.3 is 25.0 Å². The molecule has 1 atom stereocenters. The maximum atomic E-state index is 13.0. The molecule has 3 rings (SSSR count). The molecule has 1 fully saturated rings. The molecule has 0 saturated carbocycles. The van der Waals surface area contributed by atoms with Crippen molar-refractivity contribution >= 4 is 29.1 Å². The predicted octanol–water partition coefficient (Wildman–Crippen LogP) is 3.57. The molecule has 0 radical (unpaired) electrons. The Morgan fingerprint density at radius 2 is 2.09 bits per heavy atom. The number of anilines is 2. The van der Waals surface area contributed by atoms with Gasteiger partial charge in [0.25, 0.3) is 6.43 Å². The average Bonchev–Trinajstić information content (AvgIpc) is 2.75. The highest BCUT2D eigenvalue weighted by Gasteiger charge is 2.43. The molecule has 2 N–H and O–H groups in total. The fraction of sp³-hybridized carbons (Fsp3) is 0.474. The van der Waals surface area contributed by atoms with Gasteiger partial charge in [0.15, 0.2) is 18.5 Å². The first-order valence-corrected chi connectivity index (χ1v) is 10.3. The predicted molar refractivity (Wildman–Crippen MR) is 111 cm³/mol. The van der Waals surface area contributed by atoms with Crippen LogP contribution in [0, 0.1) is 6.92 Å². The maximum absolute atomic E-state index is 13.0. The Balaban J connectivity index is 1.57. The van der Waals surface area contributed by atoms with Crippen molar-refractivity contribution in [2.24, 2.45) is 0 Å². The molecular formula is C19H20ClF5N6O3. The van der Waals surface area contributed by atoms with Crippen molar-refractivity contribution in [2.75, 3.05) is 36.5 Å². The number of aryl methyl sites for hydroxylation is 1. The maximum Gasteiger partial charge on any atom is 0.416 e. The summed E-state index contributed by atoms with van der Waals surface area (Å²) in [6, 6.07) is 3.46. The van der Waals surface area contributed by atoms with Crippen LogP contribution < -0.4 is 20.3 Å². The molecule has 1 saturated heterocycles. The van der Waals surface area contributed by atoms with E-state index in [2.05, 4.69) is 25.8 Å². The van der Waals surface area contributed by atoms with Crippen LogP contribution in [0.3, 0.4) is 0 Å². The SMILES string of the molecule is Cc1cc(CNC(=O)Nc2cc(Cl)nc(OCC(F)F)c2)nnc1N1CCOC(C(F)(F)F)C1. The molecule has 2 aromatic heterocycles. The molecule has 0 bridgehead atoms. The first kappa shape index (κ1) is 25.6. The standard InChI is InChI=1S/C19H20ClF5N6O3/c1-10-4-12(29-30-17(10)31-2-3-33-13(8-31)19(23,24)25)7-26-18(32)27-11-5-14(20)28-16(6-11)34-9-15(21)22/h4-6,13,15H,2-3,7-9H2,1H3,(H2,26,27,28,32). The van der Waals surface area contributed by atoms with Crippen LogP contribution >= 0.6 is 11.6 Å². The topological polar surface area (TPSA) is 102 Å². The van der Waals surface area contributed by atoms with Crippen LogP contribution in [0.1, 0.15) is 11.3 Å². The lowest BCUT2D eigenvalue weighted by Crippen LogP contribution is -2.49. The summed E-state index contributed by atoms with van der Waals surface area (Å²) < 4.78 is 73.0. The van der Waals surface area contributed by atoms with E-state index in [9.17, 15) is 26.7 Å². The third kappa shape index (κ3) is 7.25. The summed E-state index contributed by atoms with van der Waals surface area (Å²) in [5.41, 5.74) is 1.11. The first-order valence-electron chi connectivity index (χ1n) is 9.91. The molecule has 2 amide bonds. The summed E-state index contributed by atoms with van der Waals surface area (Å²) in [6.07, 6.45) is -9.09. The van der Waals surface area contributed by atoms with Gasteiger partial charge >= 0.3 is 12.2 Å². The molecule has 186 valence electrons. The summed E-state index contributed by atoms with van der Waals surface area (Å²) in [6.45, 7) is 0.500. The number of hydrogen-bond acceptors (Lipinski definition) is 7. The smallest absolute Gasteiger partial charge is 0.416 e. The van der Waals surface area contributed by atoms with E-state index in [4.69, 9.17) is 21.1 Å². The van der Waals surface area contributed by atoms with Gasteiger partial charge in [-0.3, -0.25) is 0 Å². The molecule has 0 aliphatic carbocycles. The highest BCUT2D eigenvalue weighted by Crippen LogP contribution is 2.28. The number of morpholine rings is 1. The van der Waals surface area contributed by atoms with Gasteiger partial charge in [-0.05, 0) is 24.6 Å². The van der Waals surface area contributed by atoms with Crippen LogP contribution in [0.2, 0.25) is 5.15 Å². The van der Waals surface area contributed by atoms with Crippen LogP contribution in [0.15, 0.2) is 18.2 Å². The van der Waals surface area contributed by atoms with E-state index < -0.39 is 37.9 Å². The van der Waals surface area contributed by atoms with Crippen molar-refractivity contribution in [3.63, 3.8) is 0 Å². The Morgan fingerprint density at radius 3 is 2.76 bits per heavy atom. The van der Waals surface area contributed by atoms with Gasteiger partial charge in [-0.15, -0.1) is 5.10 Å². The van der Waals surface area contributed by atoms with Crippen molar-refractivity contribution < 1.29 is 36.2 Å². The van der Waals surface area contributed by atoms with Crippen LogP contribution in [-0.2, 0) is 11.3 Å². The van der Waals surface area contributed by atoms with Crippen LogP contribution in [0.5, 0.6) is 5.88 Å². The molecule has 34 heavy (non-hydrogen) atoms. The van der Waals surface area contributed by atoms with Crippen molar-refractivity contribution in [1.82, 2.24) is 20.5 Å². The Labute approximate surface area is 195 Å². The lowest BCUT2D eigenvalue weighted by Gasteiger charge is -2.34. The quantitative estimate of drug-likeness (QED) is 0.434. The zero-order valence-electron chi connectivity index (χ0n) is 17.7. The molecule has 2 aromatic rings. The Bertz CT molecular complexity index is 1010. The number of carbonyl (C=O) groups excluding carboxylic acids is 1. The van der Waals surface area contributed by atoms with Gasteiger partial charge in [-0.1, -0.05) is 11.6 Å². The number of aromatic nitrogens is 3. The van der Waals surface area contributed by atoms with Crippen molar-refractivity contribution in [1.29, 1.82) is 0 Å². The van der Waals surface area contributed by atoms with Crippen LogP contribution in [0.25, 0.3) is 0 Å². The normalized spacial score (nSPS) is 16.5. The largest absolute Gasteiger partial charge is 0.471 e. The van der Waals surface area contributed by atoms with Crippen LogP contribution in [-0.4, -0.2) is 66.2 Å². The lowest BCUT2D eigenvalue weighted by molar-refractivity contribution is -0.221. The minimum atomic E-state index is -4.48. The summed E-state index contributed by atoms with van der Waals surface area (Å²) >= 11 is 5.81. The summed E-state index contributed by atoms with van der Waals surface area (Å²) in [4.78, 5) is 17.4. The third-order valence-electron chi connectivity index (χ3n) is 4.56. The Morgan fingerprint density at radius 1 is 1.32 bits per heavy atom. The van der Waals surface area contributed by atoms with E-state index in [1.807, 2.05) is 0 Å². The average molecular weight is 511 g/mol. The highest BCUT2D eigenvalue weighted by molar-refractivity contribution is 6.29. The number of alkyl halides is 5. The second-order valence-corrected chi connectivity index (χ2v) is 7.60. The van der Waals surface area contributed by atoms with Crippen LogP contribution in [0.4, 0.5) is 38.3 Å². The number of carbonyl (C=O) groups is 1. The Kier molecular flexibility index (Phi) is 8.25. The minimum Gasteiger partial charge on any atom is -0.471 e. The van der Waals surface area contributed by atoms with Gasteiger partial charge in [0.2, 0.25) is 5.88 Å². The summed E-state index contributed by atoms with van der Waals surface area (Å²) in [5.74, 6) is 0.115. The zero-order valence-corrected chi connectivity index (χ0v) is 18.5. The lowest BCUT2D eigenvalue weighted by atomic mass is 10.2. The molecule has 0 aromatic carbocycles. The molecule has 3 heterocycles. The van der Waals surface area contributed by atoms with Gasteiger partial charge in [0.1, 0.15) is 5.15 Å². The summed E-state index contributed by atoms with van der Waals surface area (Å²) in [5, 5.41) is 12.9. The van der Waals surface area contributed by atoms with Gasteiger partial charge in [-0.25, -0.2) is 18.6 Å². The number of nitrogens with one attached hydrogen (secondary N) is 2. The van der Waals surface area contributed by atoms with E-state index >= 15 is 0 Å². The third-order valence-corrected chi connectivity index (χ3v) is 4.75. The molecule has 0 spiro atoms. The second kappa shape index (κ2) is 11.0. The molecule has 1 aliphatic heterocycles. The molecular weight excluding hydrogens is 491 g/mol. The number of pyridine rings is 1. The Hall–Kier alpha value is -3.00. The fourth-order valence-electron chi connectivity index (χ4n) is 3.09. The molecule has 15 heteroatoms. The van der Waals surface area contributed by atoms with Crippen molar-refractivity contribution in [3.05, 3.63) is 34.6 Å². The van der Waals surface area contributed by atoms with Gasteiger partial charge in [-0.2, -0.15) is 18.3 Å². The van der Waals surface area contributed by atoms with E-state index in [1.54, 1.807) is 13.0 Å². The zero-order chi connectivity index (χ0) is 24.9. The number of hydrogen-bond donors (Lipinski definition) is 2. The second-order valence-electron chi connectivity index (χ2n) is 7.22. The van der Waals surface area contributed by atoms with E-state index in [-0.39, 0.29) is 36.4 Å². The number of urea groups is 1. The fourth-order valence-corrected chi connectivity index (χ4v) is 3.29. The summed E-state index contributed by atoms with van der Waals surface area (Å²) in [7, 11) is 0. The monoisotopic (exact) mass is 510 g/mol. The van der Waals surface area contributed by atoms with E-state index in [1.165, 1.54) is 17.0 Å². The number of halogens is 6. The minimum absolute atomic E-state index is 0.0399. The van der Waals surface area contributed by atoms with Gasteiger partial charge in [0.05, 0.1) is 31.1 Å². The molecule has 9 nitrogen and oxygen atoms in total. The number of nitrogens with zero attached hydrogens (tertiary/aromatic N) is 4.